The van der Waals surface area contributed by atoms with Gasteiger partial charge in [0.15, 0.2) is 0 Å². The number of unbranched alkanes of at least 4 members (excludes halogenated alkanes) is 4. The first-order valence-electron chi connectivity index (χ1n) is 7.15. The van der Waals surface area contributed by atoms with Crippen molar-refractivity contribution >= 4 is 0 Å². The molecule has 0 amide bonds. The minimum absolute atomic E-state index is 0.786. The molecule has 0 fully saturated rings. The minimum atomic E-state index is 0.786. The second kappa shape index (κ2) is 11.2. The van der Waals surface area contributed by atoms with E-state index in [0.717, 1.165) is 12.3 Å². The smallest absolute Gasteiger partial charge is 0.0323 e. The van der Waals surface area contributed by atoms with Crippen LogP contribution in [-0.4, -0.2) is 0 Å². The van der Waals surface area contributed by atoms with Gasteiger partial charge >= 0.3 is 0 Å². The summed E-state index contributed by atoms with van der Waals surface area (Å²) in [6.07, 6.45) is 14.3. The molecular formula is C16H31. The minimum Gasteiger partial charge on any atom is -0.0856 e. The molecule has 0 aromatic carbocycles. The zero-order chi connectivity index (χ0) is 12.2. The van der Waals surface area contributed by atoms with E-state index in [1.165, 1.54) is 51.4 Å². The first-order chi connectivity index (χ1) is 7.70. The van der Waals surface area contributed by atoms with Crippen LogP contribution in [0.5, 0.6) is 0 Å². The van der Waals surface area contributed by atoms with Gasteiger partial charge in [-0.05, 0) is 38.5 Å². The lowest BCUT2D eigenvalue weighted by atomic mass is 10.0. The molecule has 16 heavy (non-hydrogen) atoms. The topological polar surface area (TPSA) is 0 Å². The highest BCUT2D eigenvalue weighted by atomic mass is 14.0. The number of allylic oxidation sites excluding steroid dienone is 2. The first kappa shape index (κ1) is 15.7. The predicted octanol–water partition coefficient (Wildman–Crippen LogP) is 5.93. The van der Waals surface area contributed by atoms with Gasteiger partial charge in [0.25, 0.3) is 0 Å². The van der Waals surface area contributed by atoms with E-state index in [1.54, 1.807) is 5.57 Å². The lowest BCUT2D eigenvalue weighted by molar-refractivity contribution is 0.543. The SMILES string of the molecule is [CH2]CC(C)CC/C=C(\C)CCCCCCC. The molecule has 0 heteroatoms. The van der Waals surface area contributed by atoms with E-state index >= 15 is 0 Å². The standard InChI is InChI=1S/C16H31/c1-5-7-8-9-10-12-16(4)14-11-13-15(3)6-2/h14-15H,2,5-13H2,1,3-4H3/b16-14+. The van der Waals surface area contributed by atoms with Crippen LogP contribution in [-0.2, 0) is 0 Å². The van der Waals surface area contributed by atoms with E-state index < -0.39 is 0 Å². The maximum absolute atomic E-state index is 3.94. The average Bonchev–Trinajstić information content (AvgIpc) is 2.28. The molecule has 0 aromatic rings. The van der Waals surface area contributed by atoms with Crippen molar-refractivity contribution in [1.29, 1.82) is 0 Å². The van der Waals surface area contributed by atoms with Crippen LogP contribution in [0.2, 0.25) is 0 Å². The fourth-order valence-electron chi connectivity index (χ4n) is 1.87. The van der Waals surface area contributed by atoms with Gasteiger partial charge in [-0.3, -0.25) is 0 Å². The van der Waals surface area contributed by atoms with E-state index in [0.29, 0.717) is 0 Å². The van der Waals surface area contributed by atoms with Crippen LogP contribution in [0.25, 0.3) is 0 Å². The van der Waals surface area contributed by atoms with Crippen LogP contribution in [0.15, 0.2) is 11.6 Å². The van der Waals surface area contributed by atoms with Crippen LogP contribution in [0.4, 0.5) is 0 Å². The molecular weight excluding hydrogens is 192 g/mol. The summed E-state index contributed by atoms with van der Waals surface area (Å²) in [6.45, 7) is 10.8. The van der Waals surface area contributed by atoms with Gasteiger partial charge in [0.05, 0.1) is 0 Å². The summed E-state index contributed by atoms with van der Waals surface area (Å²) in [7, 11) is 0. The molecule has 0 saturated heterocycles. The Bertz CT molecular complexity index is 167. The monoisotopic (exact) mass is 223 g/mol. The van der Waals surface area contributed by atoms with Gasteiger partial charge in [0.2, 0.25) is 0 Å². The quantitative estimate of drug-likeness (QED) is 0.318. The van der Waals surface area contributed by atoms with Crippen molar-refractivity contribution in [2.45, 2.75) is 78.6 Å². The second-order valence-electron chi connectivity index (χ2n) is 5.19. The van der Waals surface area contributed by atoms with Crippen LogP contribution >= 0.6 is 0 Å². The van der Waals surface area contributed by atoms with E-state index in [2.05, 4.69) is 33.8 Å². The molecule has 1 radical (unpaired) electrons. The van der Waals surface area contributed by atoms with Crippen LogP contribution in [0, 0.1) is 12.8 Å². The molecule has 1 unspecified atom stereocenters. The molecule has 0 N–H and O–H groups in total. The van der Waals surface area contributed by atoms with Gasteiger partial charge < -0.3 is 0 Å². The Balaban J connectivity index is 3.40. The Morgan fingerprint density at radius 1 is 1.19 bits per heavy atom. The van der Waals surface area contributed by atoms with Crippen molar-refractivity contribution in [3.05, 3.63) is 18.6 Å². The molecule has 1 atom stereocenters. The Kier molecular flexibility index (Phi) is 11.0. The van der Waals surface area contributed by atoms with Crippen molar-refractivity contribution in [3.8, 4) is 0 Å². The van der Waals surface area contributed by atoms with Crippen molar-refractivity contribution in [2.75, 3.05) is 0 Å². The van der Waals surface area contributed by atoms with E-state index in [9.17, 15) is 0 Å². The van der Waals surface area contributed by atoms with Gasteiger partial charge in [0, 0.05) is 0 Å². The van der Waals surface area contributed by atoms with Crippen molar-refractivity contribution < 1.29 is 0 Å². The summed E-state index contributed by atoms with van der Waals surface area (Å²) in [5.41, 5.74) is 1.59. The molecule has 0 aromatic heterocycles. The average molecular weight is 223 g/mol. The predicted molar refractivity (Wildman–Crippen MR) is 75.5 cm³/mol. The van der Waals surface area contributed by atoms with Crippen molar-refractivity contribution in [3.63, 3.8) is 0 Å². The van der Waals surface area contributed by atoms with Gasteiger partial charge in [-0.15, -0.1) is 0 Å². The molecule has 0 rings (SSSR count). The maximum atomic E-state index is 3.94. The largest absolute Gasteiger partial charge is 0.0856 e. The zero-order valence-corrected chi connectivity index (χ0v) is 11.7. The highest BCUT2D eigenvalue weighted by Gasteiger charge is 1.97. The van der Waals surface area contributed by atoms with E-state index in [-0.39, 0.29) is 0 Å². The molecule has 0 saturated carbocycles. The molecule has 0 spiro atoms. The fraction of sp³-hybridized carbons (Fsp3) is 0.812. The normalized spacial score (nSPS) is 14.1. The Labute approximate surface area is 104 Å². The van der Waals surface area contributed by atoms with Crippen LogP contribution in [0.3, 0.4) is 0 Å². The second-order valence-corrected chi connectivity index (χ2v) is 5.19. The van der Waals surface area contributed by atoms with Crippen LogP contribution in [0.1, 0.15) is 78.6 Å². The summed E-state index contributed by atoms with van der Waals surface area (Å²) in [6, 6.07) is 0. The molecule has 0 aliphatic rings. The summed E-state index contributed by atoms with van der Waals surface area (Å²) in [5, 5.41) is 0. The van der Waals surface area contributed by atoms with Gasteiger partial charge in [-0.1, -0.05) is 64.5 Å². The molecule has 0 heterocycles. The molecule has 0 aliphatic carbocycles. The van der Waals surface area contributed by atoms with Crippen LogP contribution < -0.4 is 0 Å². The van der Waals surface area contributed by atoms with Gasteiger partial charge in [-0.25, -0.2) is 0 Å². The summed E-state index contributed by atoms with van der Waals surface area (Å²) < 4.78 is 0. The number of hydrogen-bond acceptors (Lipinski definition) is 0. The maximum Gasteiger partial charge on any atom is -0.0323 e. The highest BCUT2D eigenvalue weighted by Crippen LogP contribution is 2.14. The lowest BCUT2D eigenvalue weighted by Crippen LogP contribution is -1.90. The van der Waals surface area contributed by atoms with Gasteiger partial charge in [0.1, 0.15) is 0 Å². The lowest BCUT2D eigenvalue weighted by Gasteiger charge is -2.06. The van der Waals surface area contributed by atoms with E-state index in [4.69, 9.17) is 0 Å². The third kappa shape index (κ3) is 10.3. The van der Waals surface area contributed by atoms with Gasteiger partial charge in [-0.2, -0.15) is 0 Å². The molecule has 0 bridgehead atoms. The Hall–Kier alpha value is -0.260. The molecule has 0 aliphatic heterocycles. The van der Waals surface area contributed by atoms with Crippen molar-refractivity contribution in [2.24, 2.45) is 5.92 Å². The van der Waals surface area contributed by atoms with Crippen molar-refractivity contribution in [1.82, 2.24) is 0 Å². The number of hydrogen-bond donors (Lipinski definition) is 0. The molecule has 95 valence electrons. The third-order valence-corrected chi connectivity index (χ3v) is 3.32. The summed E-state index contributed by atoms with van der Waals surface area (Å²) >= 11 is 0. The molecule has 0 nitrogen and oxygen atoms in total. The highest BCUT2D eigenvalue weighted by molar-refractivity contribution is 4.97. The first-order valence-corrected chi connectivity index (χ1v) is 7.15. The number of rotatable bonds is 10. The summed E-state index contributed by atoms with van der Waals surface area (Å²) in [5.74, 6) is 0.786. The third-order valence-electron chi connectivity index (χ3n) is 3.32. The Morgan fingerprint density at radius 2 is 1.88 bits per heavy atom. The summed E-state index contributed by atoms with van der Waals surface area (Å²) in [4.78, 5) is 0. The fourth-order valence-corrected chi connectivity index (χ4v) is 1.87. The van der Waals surface area contributed by atoms with E-state index in [1.807, 2.05) is 0 Å². The zero-order valence-electron chi connectivity index (χ0n) is 11.7. The Morgan fingerprint density at radius 3 is 2.50 bits per heavy atom.